The molecule has 0 N–H and O–H groups in total. The first-order valence-corrected chi connectivity index (χ1v) is 12.3. The van der Waals surface area contributed by atoms with Crippen LogP contribution in [0.25, 0.3) is 0 Å². The number of carbonyl (C=O) groups is 2. The minimum Gasteiger partial charge on any atom is -0.465 e. The molecule has 6 nitrogen and oxygen atoms in total. The SMILES string of the molecule is CCOC(=O)C(C(CC(C)=O)CC(C)CCCC(C)C)P(=O)(OCC)OCC. The Balaban J connectivity index is 5.67. The van der Waals surface area contributed by atoms with E-state index < -0.39 is 25.1 Å². The fourth-order valence-electron chi connectivity index (χ4n) is 3.57. The Kier molecular flexibility index (Phi) is 13.9. The second kappa shape index (κ2) is 14.3. The summed E-state index contributed by atoms with van der Waals surface area (Å²) in [4.78, 5) is 24.7. The number of ketones is 1. The van der Waals surface area contributed by atoms with E-state index in [4.69, 9.17) is 13.8 Å². The smallest absolute Gasteiger partial charge is 0.345 e. The Bertz CT molecular complexity index is 495. The molecule has 0 fully saturated rings. The fourth-order valence-corrected chi connectivity index (χ4v) is 5.76. The maximum Gasteiger partial charge on any atom is 0.345 e. The number of hydrogen-bond acceptors (Lipinski definition) is 6. The Hall–Kier alpha value is -0.710. The van der Waals surface area contributed by atoms with Crippen LogP contribution in [0.15, 0.2) is 0 Å². The minimum atomic E-state index is -3.75. The molecule has 0 aromatic rings. The van der Waals surface area contributed by atoms with Gasteiger partial charge in [0.05, 0.1) is 19.8 Å². The van der Waals surface area contributed by atoms with Crippen molar-refractivity contribution in [3.05, 3.63) is 0 Å². The van der Waals surface area contributed by atoms with Crippen LogP contribution in [-0.4, -0.2) is 37.2 Å². The van der Waals surface area contributed by atoms with Gasteiger partial charge in [0.25, 0.3) is 0 Å². The molecule has 3 atom stereocenters. The molecule has 0 heterocycles. The van der Waals surface area contributed by atoms with Crippen molar-refractivity contribution >= 4 is 19.3 Å². The Morgan fingerprint density at radius 2 is 1.50 bits per heavy atom. The van der Waals surface area contributed by atoms with E-state index in [0.29, 0.717) is 12.3 Å². The highest BCUT2D eigenvalue weighted by atomic mass is 31.2. The van der Waals surface area contributed by atoms with Gasteiger partial charge in [-0.15, -0.1) is 0 Å². The fraction of sp³-hybridized carbons (Fsp3) is 0.905. The average molecular weight is 421 g/mol. The molecule has 0 bridgehead atoms. The van der Waals surface area contributed by atoms with Gasteiger partial charge < -0.3 is 18.6 Å². The van der Waals surface area contributed by atoms with Crippen molar-refractivity contribution in [2.45, 2.75) is 86.2 Å². The van der Waals surface area contributed by atoms with Crippen LogP contribution in [-0.2, 0) is 27.9 Å². The van der Waals surface area contributed by atoms with E-state index in [9.17, 15) is 14.2 Å². The molecule has 28 heavy (non-hydrogen) atoms. The van der Waals surface area contributed by atoms with Crippen LogP contribution in [0.3, 0.4) is 0 Å². The lowest BCUT2D eigenvalue weighted by Gasteiger charge is -2.32. The second-order valence-corrected chi connectivity index (χ2v) is 10.1. The normalized spacial score (nSPS) is 15.3. The summed E-state index contributed by atoms with van der Waals surface area (Å²) in [6, 6.07) is 0. The van der Waals surface area contributed by atoms with Gasteiger partial charge in [-0.1, -0.05) is 40.0 Å². The summed E-state index contributed by atoms with van der Waals surface area (Å²) in [7, 11) is -3.75. The molecule has 0 amide bonds. The van der Waals surface area contributed by atoms with Crippen LogP contribution in [0.1, 0.15) is 80.6 Å². The summed E-state index contributed by atoms with van der Waals surface area (Å²) in [6.45, 7) is 13.6. The molecule has 0 saturated carbocycles. The van der Waals surface area contributed by atoms with Gasteiger partial charge in [0.1, 0.15) is 5.78 Å². The van der Waals surface area contributed by atoms with Crippen molar-refractivity contribution < 1.29 is 27.9 Å². The van der Waals surface area contributed by atoms with Crippen molar-refractivity contribution in [1.29, 1.82) is 0 Å². The van der Waals surface area contributed by atoms with Crippen LogP contribution in [0.4, 0.5) is 0 Å². The van der Waals surface area contributed by atoms with E-state index >= 15 is 0 Å². The highest BCUT2D eigenvalue weighted by Gasteiger charge is 2.47. The number of carbonyl (C=O) groups excluding carboxylic acids is 2. The Morgan fingerprint density at radius 1 is 0.929 bits per heavy atom. The molecule has 0 aliphatic heterocycles. The lowest BCUT2D eigenvalue weighted by molar-refractivity contribution is -0.144. The maximum absolute atomic E-state index is 13.5. The second-order valence-electron chi connectivity index (χ2n) is 7.90. The van der Waals surface area contributed by atoms with Gasteiger partial charge in [-0.25, -0.2) is 0 Å². The summed E-state index contributed by atoms with van der Waals surface area (Å²) in [5, 5.41) is 0. The highest BCUT2D eigenvalue weighted by molar-refractivity contribution is 7.55. The lowest BCUT2D eigenvalue weighted by atomic mass is 9.86. The van der Waals surface area contributed by atoms with E-state index in [-0.39, 0.29) is 37.9 Å². The van der Waals surface area contributed by atoms with Crippen molar-refractivity contribution in [1.82, 2.24) is 0 Å². The van der Waals surface area contributed by atoms with Crippen LogP contribution in [0.5, 0.6) is 0 Å². The number of hydrogen-bond donors (Lipinski definition) is 0. The molecule has 0 aliphatic rings. The molecule has 166 valence electrons. The van der Waals surface area contributed by atoms with Crippen molar-refractivity contribution in [2.75, 3.05) is 19.8 Å². The van der Waals surface area contributed by atoms with Crippen molar-refractivity contribution in [2.24, 2.45) is 17.8 Å². The van der Waals surface area contributed by atoms with E-state index in [1.165, 1.54) is 6.92 Å². The van der Waals surface area contributed by atoms with E-state index in [0.717, 1.165) is 19.3 Å². The molecule has 0 radical (unpaired) electrons. The van der Waals surface area contributed by atoms with Gasteiger partial charge >= 0.3 is 13.6 Å². The van der Waals surface area contributed by atoms with E-state index in [1.807, 2.05) is 0 Å². The predicted molar refractivity (Wildman–Crippen MR) is 113 cm³/mol. The van der Waals surface area contributed by atoms with Gasteiger partial charge in [0.15, 0.2) is 5.66 Å². The zero-order chi connectivity index (χ0) is 21.7. The van der Waals surface area contributed by atoms with Crippen molar-refractivity contribution in [3.63, 3.8) is 0 Å². The first-order valence-electron chi connectivity index (χ1n) is 10.7. The minimum absolute atomic E-state index is 0.0479. The molecular weight excluding hydrogens is 379 g/mol. The first-order chi connectivity index (χ1) is 13.1. The molecule has 3 unspecified atom stereocenters. The summed E-state index contributed by atoms with van der Waals surface area (Å²) in [5.74, 6) is -0.156. The molecule has 0 rings (SSSR count). The van der Waals surface area contributed by atoms with Crippen LogP contribution < -0.4 is 0 Å². The molecule has 0 saturated heterocycles. The third-order valence-electron chi connectivity index (χ3n) is 4.67. The molecule has 0 aliphatic carbocycles. The predicted octanol–water partition coefficient (Wildman–Crippen LogP) is 5.63. The lowest BCUT2D eigenvalue weighted by Crippen LogP contribution is -2.35. The summed E-state index contributed by atoms with van der Waals surface area (Å²) >= 11 is 0. The maximum atomic E-state index is 13.5. The van der Waals surface area contributed by atoms with Crippen LogP contribution in [0.2, 0.25) is 0 Å². The molecular formula is C21H41O6P. The average Bonchev–Trinajstić information content (AvgIpc) is 2.54. The number of Topliss-reactive ketones (excluding diaryl/α,β-unsaturated/α-hetero) is 1. The monoisotopic (exact) mass is 420 g/mol. The largest absolute Gasteiger partial charge is 0.465 e. The molecule has 0 aromatic carbocycles. The zero-order valence-corrected chi connectivity index (χ0v) is 19.8. The number of esters is 1. The van der Waals surface area contributed by atoms with Gasteiger partial charge in [0, 0.05) is 6.42 Å². The summed E-state index contributed by atoms with van der Waals surface area (Å²) in [6.07, 6.45) is 3.98. The molecule has 7 heteroatoms. The topological polar surface area (TPSA) is 78.9 Å². The standard InChI is InChI=1S/C21H41O6P/c1-8-25-21(23)20(28(24,26-9-2)27-10-3)19(15-18(7)22)14-17(6)13-11-12-16(4)5/h16-17,19-20H,8-15H2,1-7H3. The quantitative estimate of drug-likeness (QED) is 0.238. The van der Waals surface area contributed by atoms with Gasteiger partial charge in [0.2, 0.25) is 0 Å². The van der Waals surface area contributed by atoms with Crippen LogP contribution >= 0.6 is 7.60 Å². The number of rotatable bonds is 16. The summed E-state index contributed by atoms with van der Waals surface area (Å²) in [5.41, 5.74) is -1.08. The molecule has 0 spiro atoms. The third-order valence-corrected chi connectivity index (χ3v) is 7.22. The van der Waals surface area contributed by atoms with E-state index in [1.54, 1.807) is 20.8 Å². The Morgan fingerprint density at radius 3 is 1.93 bits per heavy atom. The molecule has 0 aromatic heterocycles. The van der Waals surface area contributed by atoms with E-state index in [2.05, 4.69) is 20.8 Å². The van der Waals surface area contributed by atoms with Gasteiger partial charge in [-0.2, -0.15) is 0 Å². The number of ether oxygens (including phenoxy) is 1. The third kappa shape index (κ3) is 10.2. The Labute approximate surface area is 171 Å². The highest BCUT2D eigenvalue weighted by Crippen LogP contribution is 2.57. The van der Waals surface area contributed by atoms with Gasteiger partial charge in [-0.05, 0) is 51.9 Å². The summed E-state index contributed by atoms with van der Waals surface area (Å²) < 4.78 is 29.7. The van der Waals surface area contributed by atoms with Crippen LogP contribution in [0, 0.1) is 17.8 Å². The first kappa shape index (κ1) is 27.3. The zero-order valence-electron chi connectivity index (χ0n) is 18.9. The van der Waals surface area contributed by atoms with Gasteiger partial charge in [-0.3, -0.25) is 9.36 Å². The van der Waals surface area contributed by atoms with Crippen molar-refractivity contribution in [3.8, 4) is 0 Å².